The molecule has 0 fully saturated rings. The van der Waals surface area contributed by atoms with E-state index in [2.05, 4.69) is 5.32 Å². The lowest BCUT2D eigenvalue weighted by atomic mass is 10.1. The lowest BCUT2D eigenvalue weighted by Gasteiger charge is -2.12. The Kier molecular flexibility index (Phi) is 5.72. The molecule has 1 amide bonds. The summed E-state index contributed by atoms with van der Waals surface area (Å²) in [6, 6.07) is 9.99. The number of hydrogen-bond acceptors (Lipinski definition) is 3. The number of sulfonamides is 1. The Balaban J connectivity index is 2.06. The van der Waals surface area contributed by atoms with Gasteiger partial charge < -0.3 is 5.32 Å². The third-order valence-electron chi connectivity index (χ3n) is 3.61. The van der Waals surface area contributed by atoms with Crippen LogP contribution in [-0.2, 0) is 22.7 Å². The number of nitrogens with one attached hydrogen (secondary N) is 1. The van der Waals surface area contributed by atoms with E-state index in [0.29, 0.717) is 5.56 Å². The number of alkyl halides is 3. The fraction of sp³-hybridized carbons (Fsp3) is 0.235. The van der Waals surface area contributed by atoms with E-state index in [1.165, 1.54) is 50.5 Å². The van der Waals surface area contributed by atoms with Crippen molar-refractivity contribution in [3.05, 3.63) is 65.2 Å². The summed E-state index contributed by atoms with van der Waals surface area (Å²) in [5.41, 5.74) is -0.391. The number of nitrogens with zero attached hydrogens (tertiary/aromatic N) is 1. The normalized spacial score (nSPS) is 12.2. The molecule has 5 nitrogen and oxygen atoms in total. The van der Waals surface area contributed by atoms with Gasteiger partial charge in [0.2, 0.25) is 10.0 Å². The zero-order valence-corrected chi connectivity index (χ0v) is 14.9. The molecule has 0 unspecified atom stereocenters. The Morgan fingerprint density at radius 2 is 1.69 bits per heavy atom. The molecule has 0 aromatic heterocycles. The first kappa shape index (κ1) is 19.9. The van der Waals surface area contributed by atoms with E-state index in [4.69, 9.17) is 0 Å². The van der Waals surface area contributed by atoms with Gasteiger partial charge in [-0.1, -0.05) is 18.2 Å². The lowest BCUT2D eigenvalue weighted by Crippen LogP contribution is -2.24. The van der Waals surface area contributed by atoms with Crippen molar-refractivity contribution in [1.82, 2.24) is 9.62 Å². The molecule has 0 saturated heterocycles. The molecule has 0 bridgehead atoms. The minimum Gasteiger partial charge on any atom is -0.348 e. The monoisotopic (exact) mass is 386 g/mol. The SMILES string of the molecule is CN(C)S(=O)(=O)c1ccc(CNC(=O)c2cccc(C(F)(F)F)c2)cc1. The Morgan fingerprint density at radius 1 is 1.08 bits per heavy atom. The molecule has 0 spiro atoms. The van der Waals surface area contributed by atoms with Gasteiger partial charge >= 0.3 is 6.18 Å². The molecule has 0 saturated carbocycles. The number of carbonyl (C=O) groups is 1. The molecule has 0 aliphatic heterocycles. The van der Waals surface area contributed by atoms with Crippen molar-refractivity contribution in [2.45, 2.75) is 17.6 Å². The highest BCUT2D eigenvalue weighted by atomic mass is 32.2. The van der Waals surface area contributed by atoms with Gasteiger partial charge in [-0.2, -0.15) is 13.2 Å². The van der Waals surface area contributed by atoms with E-state index in [9.17, 15) is 26.4 Å². The van der Waals surface area contributed by atoms with Gasteiger partial charge in [-0.3, -0.25) is 4.79 Å². The molecular weight excluding hydrogens is 369 g/mol. The first-order chi connectivity index (χ1) is 12.0. The molecule has 1 N–H and O–H groups in total. The summed E-state index contributed by atoms with van der Waals surface area (Å²) in [6.07, 6.45) is -4.52. The third-order valence-corrected chi connectivity index (χ3v) is 5.44. The highest BCUT2D eigenvalue weighted by Crippen LogP contribution is 2.29. The Bertz CT molecular complexity index is 892. The van der Waals surface area contributed by atoms with Crippen molar-refractivity contribution in [3.8, 4) is 0 Å². The second-order valence-corrected chi connectivity index (χ2v) is 7.84. The Morgan fingerprint density at radius 3 is 2.23 bits per heavy atom. The van der Waals surface area contributed by atoms with Crippen LogP contribution in [0.3, 0.4) is 0 Å². The van der Waals surface area contributed by atoms with Crippen LogP contribution >= 0.6 is 0 Å². The third kappa shape index (κ3) is 4.61. The molecule has 2 aromatic carbocycles. The molecule has 0 aliphatic rings. The van der Waals surface area contributed by atoms with E-state index in [0.717, 1.165) is 16.4 Å². The van der Waals surface area contributed by atoms with Crippen LogP contribution in [0.1, 0.15) is 21.5 Å². The van der Waals surface area contributed by atoms with Crippen molar-refractivity contribution in [3.63, 3.8) is 0 Å². The van der Waals surface area contributed by atoms with Crippen LogP contribution in [0, 0.1) is 0 Å². The van der Waals surface area contributed by atoms with Crippen molar-refractivity contribution in [2.75, 3.05) is 14.1 Å². The van der Waals surface area contributed by atoms with Gasteiger partial charge in [0, 0.05) is 26.2 Å². The van der Waals surface area contributed by atoms with Crippen molar-refractivity contribution in [2.24, 2.45) is 0 Å². The predicted octanol–water partition coefficient (Wildman–Crippen LogP) is 2.89. The van der Waals surface area contributed by atoms with Gasteiger partial charge in [-0.25, -0.2) is 12.7 Å². The second-order valence-electron chi connectivity index (χ2n) is 5.69. The highest BCUT2D eigenvalue weighted by Gasteiger charge is 2.30. The molecule has 0 heterocycles. The average Bonchev–Trinajstić information content (AvgIpc) is 2.59. The van der Waals surface area contributed by atoms with Crippen LogP contribution in [-0.4, -0.2) is 32.7 Å². The Labute approximate surface area is 149 Å². The van der Waals surface area contributed by atoms with E-state index in [-0.39, 0.29) is 17.0 Å². The van der Waals surface area contributed by atoms with Crippen molar-refractivity contribution >= 4 is 15.9 Å². The minimum atomic E-state index is -4.52. The molecule has 26 heavy (non-hydrogen) atoms. The number of amides is 1. The fourth-order valence-electron chi connectivity index (χ4n) is 2.11. The van der Waals surface area contributed by atoms with Gasteiger partial charge in [0.05, 0.1) is 10.5 Å². The van der Waals surface area contributed by atoms with Crippen LogP contribution in [0.15, 0.2) is 53.4 Å². The molecule has 2 aromatic rings. The quantitative estimate of drug-likeness (QED) is 0.859. The first-order valence-electron chi connectivity index (χ1n) is 7.49. The molecule has 140 valence electrons. The molecular formula is C17H17F3N2O3S. The zero-order chi connectivity index (χ0) is 19.5. The maximum atomic E-state index is 12.7. The highest BCUT2D eigenvalue weighted by molar-refractivity contribution is 7.89. The molecule has 0 radical (unpaired) electrons. The Hall–Kier alpha value is -2.39. The van der Waals surface area contributed by atoms with Crippen LogP contribution in [0.4, 0.5) is 13.2 Å². The van der Waals surface area contributed by atoms with Gasteiger partial charge in [0.25, 0.3) is 5.91 Å². The van der Waals surface area contributed by atoms with Gasteiger partial charge in [-0.05, 0) is 35.9 Å². The summed E-state index contributed by atoms with van der Waals surface area (Å²) in [4.78, 5) is 12.1. The van der Waals surface area contributed by atoms with E-state index < -0.39 is 27.7 Å². The van der Waals surface area contributed by atoms with E-state index in [1.807, 2.05) is 0 Å². The number of hydrogen-bond donors (Lipinski definition) is 1. The summed E-state index contributed by atoms with van der Waals surface area (Å²) >= 11 is 0. The van der Waals surface area contributed by atoms with Crippen molar-refractivity contribution < 1.29 is 26.4 Å². The number of carbonyl (C=O) groups excluding carboxylic acids is 1. The summed E-state index contributed by atoms with van der Waals surface area (Å²) in [5, 5.41) is 2.51. The standard InChI is InChI=1S/C17H17F3N2O3S/c1-22(2)26(24,25)15-8-6-12(7-9-15)11-21-16(23)13-4-3-5-14(10-13)17(18,19)20/h3-10H,11H2,1-2H3,(H,21,23). The van der Waals surface area contributed by atoms with E-state index >= 15 is 0 Å². The number of rotatable bonds is 5. The van der Waals surface area contributed by atoms with Crippen LogP contribution in [0.2, 0.25) is 0 Å². The average molecular weight is 386 g/mol. The largest absolute Gasteiger partial charge is 0.416 e. The number of halogens is 3. The summed E-state index contributed by atoms with van der Waals surface area (Å²) in [7, 11) is -0.717. The predicted molar refractivity (Wildman–Crippen MR) is 89.9 cm³/mol. The summed E-state index contributed by atoms with van der Waals surface area (Å²) < 4.78 is 63.1. The van der Waals surface area contributed by atoms with Gasteiger partial charge in [-0.15, -0.1) is 0 Å². The van der Waals surface area contributed by atoms with Gasteiger partial charge in [0.1, 0.15) is 0 Å². The van der Waals surface area contributed by atoms with Crippen LogP contribution < -0.4 is 5.32 Å². The topological polar surface area (TPSA) is 66.5 Å². The van der Waals surface area contributed by atoms with Crippen molar-refractivity contribution in [1.29, 1.82) is 0 Å². The van der Waals surface area contributed by atoms with Gasteiger partial charge in [0.15, 0.2) is 0 Å². The summed E-state index contributed by atoms with van der Waals surface area (Å²) in [5.74, 6) is -0.652. The van der Waals surface area contributed by atoms with E-state index in [1.54, 1.807) is 0 Å². The summed E-state index contributed by atoms with van der Waals surface area (Å²) in [6.45, 7) is 0.0529. The van der Waals surface area contributed by atoms with Crippen LogP contribution in [0.25, 0.3) is 0 Å². The molecule has 9 heteroatoms. The maximum Gasteiger partial charge on any atom is 0.416 e. The fourth-order valence-corrected chi connectivity index (χ4v) is 3.01. The smallest absolute Gasteiger partial charge is 0.348 e. The molecule has 0 atom stereocenters. The minimum absolute atomic E-state index is 0.0529. The maximum absolute atomic E-state index is 12.7. The first-order valence-corrected chi connectivity index (χ1v) is 8.93. The molecule has 0 aliphatic carbocycles. The van der Waals surface area contributed by atoms with Crippen LogP contribution in [0.5, 0.6) is 0 Å². The lowest BCUT2D eigenvalue weighted by molar-refractivity contribution is -0.137. The molecule has 2 rings (SSSR count). The number of benzene rings is 2. The second kappa shape index (κ2) is 7.46. The zero-order valence-electron chi connectivity index (χ0n) is 14.0.